The molecule has 0 aliphatic heterocycles. The number of aliphatic carboxylic acids is 1. The first-order chi connectivity index (χ1) is 15.4. The van der Waals surface area contributed by atoms with Crippen LogP contribution in [0.5, 0.6) is 5.75 Å². The quantitative estimate of drug-likeness (QED) is 0.147. The lowest BCUT2D eigenvalue weighted by Crippen LogP contribution is -2.60. The fraction of sp³-hybridized carbons (Fsp3) is 0.500. The van der Waals surface area contributed by atoms with E-state index in [4.69, 9.17) is 5.73 Å². The number of aromatic hydroxyl groups is 1. The van der Waals surface area contributed by atoms with Crippen molar-refractivity contribution < 1.29 is 44.7 Å². The van der Waals surface area contributed by atoms with Gasteiger partial charge >= 0.3 is 5.97 Å². The largest absolute Gasteiger partial charge is 0.508 e. The van der Waals surface area contributed by atoms with Crippen LogP contribution in [0.1, 0.15) is 19.4 Å². The smallest absolute Gasteiger partial charge is 0.328 e. The van der Waals surface area contributed by atoms with Crippen molar-refractivity contribution in [1.82, 2.24) is 16.0 Å². The summed E-state index contributed by atoms with van der Waals surface area (Å²) in [6.07, 6.45) is -2.82. The number of hydrogen-bond donors (Lipinski definition) is 9. The number of hydrogen-bond acceptors (Lipinski definition) is 9. The number of benzene rings is 1. The second-order valence-electron chi connectivity index (χ2n) is 7.51. The summed E-state index contributed by atoms with van der Waals surface area (Å²) >= 11 is 0. The van der Waals surface area contributed by atoms with Gasteiger partial charge in [-0.25, -0.2) is 4.79 Å². The van der Waals surface area contributed by atoms with E-state index in [1.807, 2.05) is 0 Å². The van der Waals surface area contributed by atoms with Gasteiger partial charge in [0.1, 0.15) is 23.9 Å². The van der Waals surface area contributed by atoms with Crippen LogP contribution in [0.2, 0.25) is 0 Å². The molecule has 0 aliphatic carbocycles. The van der Waals surface area contributed by atoms with Crippen LogP contribution in [-0.4, -0.2) is 92.2 Å². The van der Waals surface area contributed by atoms with Crippen LogP contribution in [0.25, 0.3) is 0 Å². The minimum absolute atomic E-state index is 0.0404. The Morgan fingerprint density at radius 3 is 1.85 bits per heavy atom. The van der Waals surface area contributed by atoms with Crippen LogP contribution in [-0.2, 0) is 25.6 Å². The number of amides is 3. The maximum Gasteiger partial charge on any atom is 0.328 e. The number of aliphatic hydroxyl groups is 3. The molecule has 10 N–H and O–H groups in total. The van der Waals surface area contributed by atoms with Crippen molar-refractivity contribution in [3.8, 4) is 5.75 Å². The Morgan fingerprint density at radius 1 is 0.879 bits per heavy atom. The fourth-order valence-corrected chi connectivity index (χ4v) is 2.67. The minimum atomic E-state index is -1.66. The van der Waals surface area contributed by atoms with E-state index >= 15 is 0 Å². The molecule has 0 bridgehead atoms. The number of phenolic OH excluding ortho intramolecular Hbond substituents is 1. The van der Waals surface area contributed by atoms with Crippen LogP contribution in [0.15, 0.2) is 24.3 Å². The third-order valence-electron chi connectivity index (χ3n) is 4.69. The van der Waals surface area contributed by atoms with E-state index in [1.54, 1.807) is 0 Å². The lowest BCUT2D eigenvalue weighted by Gasteiger charge is -2.25. The summed E-state index contributed by atoms with van der Waals surface area (Å²) in [4.78, 5) is 48.7. The van der Waals surface area contributed by atoms with Gasteiger partial charge < -0.3 is 47.2 Å². The Labute approximate surface area is 189 Å². The summed E-state index contributed by atoms with van der Waals surface area (Å²) in [7, 11) is 0. The molecule has 0 fully saturated rings. The molecular weight excluding hydrogens is 440 g/mol. The van der Waals surface area contributed by atoms with Gasteiger partial charge in [-0.1, -0.05) is 12.1 Å². The molecule has 13 nitrogen and oxygen atoms in total. The van der Waals surface area contributed by atoms with Crippen molar-refractivity contribution in [2.45, 2.75) is 56.6 Å². The Kier molecular flexibility index (Phi) is 10.7. The van der Waals surface area contributed by atoms with Crippen molar-refractivity contribution >= 4 is 23.7 Å². The molecule has 3 amide bonds. The number of carboxylic acid groups (broad SMARTS) is 1. The van der Waals surface area contributed by atoms with Crippen LogP contribution in [0, 0.1) is 0 Å². The van der Waals surface area contributed by atoms with E-state index in [-0.39, 0.29) is 12.2 Å². The van der Waals surface area contributed by atoms with Gasteiger partial charge in [0, 0.05) is 6.42 Å². The first-order valence-electron chi connectivity index (χ1n) is 10.0. The molecule has 0 heterocycles. The summed E-state index contributed by atoms with van der Waals surface area (Å²) in [5.74, 6) is -4.39. The van der Waals surface area contributed by atoms with Crippen molar-refractivity contribution in [2.75, 3.05) is 6.61 Å². The predicted octanol–water partition coefficient (Wildman–Crippen LogP) is -3.45. The van der Waals surface area contributed by atoms with Gasteiger partial charge in [0.2, 0.25) is 17.7 Å². The zero-order valence-corrected chi connectivity index (χ0v) is 18.1. The first kappa shape index (κ1) is 27.8. The van der Waals surface area contributed by atoms with Crippen molar-refractivity contribution in [3.63, 3.8) is 0 Å². The summed E-state index contributed by atoms with van der Waals surface area (Å²) in [6, 6.07) is -0.300. The highest BCUT2D eigenvalue weighted by Crippen LogP contribution is 2.12. The molecule has 0 aromatic heterocycles. The fourth-order valence-electron chi connectivity index (χ4n) is 2.67. The lowest BCUT2D eigenvalue weighted by molar-refractivity contribution is -0.145. The van der Waals surface area contributed by atoms with Crippen LogP contribution < -0.4 is 21.7 Å². The molecule has 0 saturated carbocycles. The van der Waals surface area contributed by atoms with Crippen LogP contribution in [0.4, 0.5) is 0 Å². The average molecular weight is 470 g/mol. The second-order valence-corrected chi connectivity index (χ2v) is 7.51. The highest BCUT2D eigenvalue weighted by atomic mass is 16.4. The van der Waals surface area contributed by atoms with Gasteiger partial charge in [0.25, 0.3) is 0 Å². The molecular formula is C20H30N4O9. The van der Waals surface area contributed by atoms with Gasteiger partial charge in [-0.15, -0.1) is 0 Å². The van der Waals surface area contributed by atoms with Crippen LogP contribution in [0.3, 0.4) is 0 Å². The highest BCUT2D eigenvalue weighted by Gasteiger charge is 2.32. The second kappa shape index (κ2) is 12.7. The summed E-state index contributed by atoms with van der Waals surface area (Å²) in [5, 5.41) is 53.7. The molecule has 0 spiro atoms. The number of rotatable bonds is 12. The standard InChI is InChI=1S/C20H30N4O9/c1-9(26)15(21)19(31)23-14(8-25)18(30)22-13(7-11-3-5-12(28)6-4-11)17(29)24-16(10(2)27)20(32)33/h3-6,9-10,13-16,25-28H,7-8,21H2,1-2H3,(H,22,30)(H,23,31)(H,24,29)(H,32,33). The van der Waals surface area contributed by atoms with E-state index in [9.17, 15) is 44.7 Å². The SMILES string of the molecule is CC(O)C(N)C(=O)NC(CO)C(=O)NC(Cc1ccc(O)cc1)C(=O)NC(C(=O)O)C(C)O. The molecule has 33 heavy (non-hydrogen) atoms. The molecule has 0 aliphatic rings. The Hall–Kier alpha value is -3.26. The number of carboxylic acids is 1. The summed E-state index contributed by atoms with van der Waals surface area (Å²) < 4.78 is 0. The number of nitrogens with one attached hydrogen (secondary N) is 3. The molecule has 13 heteroatoms. The van der Waals surface area contributed by atoms with Gasteiger partial charge in [-0.05, 0) is 31.5 Å². The number of aliphatic hydroxyl groups excluding tert-OH is 3. The molecule has 1 aromatic carbocycles. The predicted molar refractivity (Wildman–Crippen MR) is 114 cm³/mol. The summed E-state index contributed by atoms with van der Waals surface area (Å²) in [5.41, 5.74) is 5.98. The minimum Gasteiger partial charge on any atom is -0.508 e. The maximum absolute atomic E-state index is 12.7. The summed E-state index contributed by atoms with van der Waals surface area (Å²) in [6.45, 7) is 1.57. The van der Waals surface area contributed by atoms with Crippen molar-refractivity contribution in [1.29, 1.82) is 0 Å². The maximum atomic E-state index is 12.7. The molecule has 6 atom stereocenters. The Balaban J connectivity index is 3.07. The molecule has 0 radical (unpaired) electrons. The zero-order chi connectivity index (χ0) is 25.3. The number of phenols is 1. The molecule has 6 unspecified atom stereocenters. The number of nitrogens with two attached hydrogens (primary N) is 1. The van der Waals surface area contributed by atoms with Gasteiger partial charge in [-0.2, -0.15) is 0 Å². The Morgan fingerprint density at radius 2 is 1.39 bits per heavy atom. The van der Waals surface area contributed by atoms with Crippen LogP contribution >= 0.6 is 0 Å². The normalized spacial score (nSPS) is 16.4. The highest BCUT2D eigenvalue weighted by molar-refractivity contribution is 5.94. The topological polar surface area (TPSA) is 232 Å². The van der Waals surface area contributed by atoms with Gasteiger partial charge in [-0.3, -0.25) is 14.4 Å². The monoisotopic (exact) mass is 470 g/mol. The Bertz CT molecular complexity index is 829. The molecule has 0 saturated heterocycles. The molecule has 1 aromatic rings. The van der Waals surface area contributed by atoms with E-state index < -0.39 is 66.7 Å². The number of carbonyl (C=O) groups is 4. The molecule has 184 valence electrons. The molecule has 1 rings (SSSR count). The van der Waals surface area contributed by atoms with Crippen molar-refractivity contribution in [3.05, 3.63) is 29.8 Å². The third kappa shape index (κ3) is 8.65. The first-order valence-corrected chi connectivity index (χ1v) is 10.0. The van der Waals surface area contributed by atoms with E-state index in [0.717, 1.165) is 6.92 Å². The van der Waals surface area contributed by atoms with Crippen molar-refractivity contribution in [2.24, 2.45) is 5.73 Å². The van der Waals surface area contributed by atoms with Gasteiger partial charge in [0.05, 0.1) is 18.8 Å². The van der Waals surface area contributed by atoms with Gasteiger partial charge in [0.15, 0.2) is 6.04 Å². The lowest BCUT2D eigenvalue weighted by atomic mass is 10.0. The average Bonchev–Trinajstić information content (AvgIpc) is 2.75. The third-order valence-corrected chi connectivity index (χ3v) is 4.69. The van der Waals surface area contributed by atoms with E-state index in [2.05, 4.69) is 16.0 Å². The number of carbonyl (C=O) groups excluding carboxylic acids is 3. The van der Waals surface area contributed by atoms with E-state index in [0.29, 0.717) is 5.56 Å². The van der Waals surface area contributed by atoms with E-state index in [1.165, 1.54) is 31.2 Å². The zero-order valence-electron chi connectivity index (χ0n) is 18.1.